The molecule has 6 rings (SSSR count). The van der Waals surface area contributed by atoms with Crippen LogP contribution in [0.4, 0.5) is 0 Å². The standard InChI is InChI=1S/C27H28N2O5/c1-26-13-28(23(30)19-3-5-21-17(11-19)7-9-33-21)15-27(2,25(26)32)16-29(14-26)24(31)20-4-6-22-18(12-20)8-10-34-22/h3-6,11-12H,7-10,13-16H2,1-2H3. The minimum absolute atomic E-state index is 0.0713. The molecule has 0 aromatic heterocycles. The van der Waals surface area contributed by atoms with Gasteiger partial charge in [0.15, 0.2) is 5.78 Å². The lowest BCUT2D eigenvalue weighted by Crippen LogP contribution is -2.69. The maximum atomic E-state index is 13.5. The number of carbonyl (C=O) groups is 3. The summed E-state index contributed by atoms with van der Waals surface area (Å²) in [5.41, 5.74) is 1.72. The Kier molecular flexibility index (Phi) is 4.57. The number of Topliss-reactive ketones (excluding diaryl/α,β-unsaturated/α-hetero) is 1. The zero-order valence-corrected chi connectivity index (χ0v) is 19.6. The number of hydrogen-bond acceptors (Lipinski definition) is 5. The maximum absolute atomic E-state index is 13.5. The summed E-state index contributed by atoms with van der Waals surface area (Å²) in [7, 11) is 0. The molecule has 0 spiro atoms. The van der Waals surface area contributed by atoms with Crippen LogP contribution in [0.3, 0.4) is 0 Å². The number of carbonyl (C=O) groups excluding carboxylic acids is 3. The smallest absolute Gasteiger partial charge is 0.253 e. The van der Waals surface area contributed by atoms with E-state index in [4.69, 9.17) is 9.47 Å². The van der Waals surface area contributed by atoms with E-state index in [1.807, 2.05) is 38.1 Å². The number of fused-ring (bicyclic) bond motifs is 4. The van der Waals surface area contributed by atoms with Crippen molar-refractivity contribution in [1.82, 2.24) is 9.80 Å². The summed E-state index contributed by atoms with van der Waals surface area (Å²) in [6, 6.07) is 11.1. The van der Waals surface area contributed by atoms with Gasteiger partial charge in [0.2, 0.25) is 0 Å². The van der Waals surface area contributed by atoms with Gasteiger partial charge in [0, 0.05) is 50.1 Å². The molecule has 0 N–H and O–H groups in total. The van der Waals surface area contributed by atoms with Crippen molar-refractivity contribution in [3.8, 4) is 11.5 Å². The molecular weight excluding hydrogens is 432 g/mol. The van der Waals surface area contributed by atoms with Crippen molar-refractivity contribution in [2.45, 2.75) is 26.7 Å². The van der Waals surface area contributed by atoms with Gasteiger partial charge < -0.3 is 19.3 Å². The van der Waals surface area contributed by atoms with E-state index >= 15 is 0 Å². The van der Waals surface area contributed by atoms with Gasteiger partial charge in [-0.1, -0.05) is 0 Å². The van der Waals surface area contributed by atoms with Crippen molar-refractivity contribution >= 4 is 17.6 Å². The zero-order chi connectivity index (χ0) is 23.7. The summed E-state index contributed by atoms with van der Waals surface area (Å²) in [5, 5.41) is 0. The van der Waals surface area contributed by atoms with Crippen molar-refractivity contribution in [2.24, 2.45) is 10.8 Å². The predicted octanol–water partition coefficient (Wildman–Crippen LogP) is 2.75. The molecule has 2 bridgehead atoms. The Balaban J connectivity index is 1.25. The van der Waals surface area contributed by atoms with Crippen LogP contribution < -0.4 is 9.47 Å². The highest BCUT2D eigenvalue weighted by Gasteiger charge is 2.57. The first-order chi connectivity index (χ1) is 16.3. The Hall–Kier alpha value is -3.35. The molecule has 2 fully saturated rings. The topological polar surface area (TPSA) is 76.2 Å². The monoisotopic (exact) mass is 460 g/mol. The zero-order valence-electron chi connectivity index (χ0n) is 19.6. The SMILES string of the molecule is CC12CN(C(=O)c3ccc4c(c3)CCO4)CC(C)(CN(C(=O)c3ccc4c(c3)CCO4)C1)C2=O. The number of rotatable bonds is 2. The Morgan fingerprint density at radius 3 is 1.56 bits per heavy atom. The molecule has 2 aromatic carbocycles. The second kappa shape index (κ2) is 7.32. The van der Waals surface area contributed by atoms with Crippen molar-refractivity contribution in [3.63, 3.8) is 0 Å². The van der Waals surface area contributed by atoms with E-state index in [9.17, 15) is 14.4 Å². The molecule has 176 valence electrons. The van der Waals surface area contributed by atoms with Crippen LogP contribution in [-0.2, 0) is 17.6 Å². The predicted molar refractivity (Wildman–Crippen MR) is 124 cm³/mol. The van der Waals surface area contributed by atoms with Crippen molar-refractivity contribution in [3.05, 3.63) is 58.7 Å². The number of amides is 2. The average molecular weight is 461 g/mol. The van der Waals surface area contributed by atoms with Crippen LogP contribution in [0.5, 0.6) is 11.5 Å². The van der Waals surface area contributed by atoms with Gasteiger partial charge in [-0.05, 0) is 61.4 Å². The lowest BCUT2D eigenvalue weighted by molar-refractivity contribution is -0.153. The van der Waals surface area contributed by atoms with Gasteiger partial charge >= 0.3 is 0 Å². The summed E-state index contributed by atoms with van der Waals surface area (Å²) in [6.45, 7) is 6.26. The van der Waals surface area contributed by atoms with Crippen molar-refractivity contribution in [2.75, 3.05) is 39.4 Å². The maximum Gasteiger partial charge on any atom is 0.253 e. The lowest BCUT2D eigenvalue weighted by atomic mass is 9.64. The number of likely N-dealkylation sites (tertiary alicyclic amines) is 2. The molecule has 2 saturated heterocycles. The summed E-state index contributed by atoms with van der Waals surface area (Å²) < 4.78 is 11.1. The van der Waals surface area contributed by atoms with Gasteiger partial charge in [0.25, 0.3) is 11.8 Å². The van der Waals surface area contributed by atoms with Crippen LogP contribution in [0.1, 0.15) is 45.7 Å². The fourth-order valence-corrected chi connectivity index (χ4v) is 6.20. The minimum atomic E-state index is -0.809. The Labute approximate surface area is 198 Å². The quantitative estimate of drug-likeness (QED) is 0.689. The third-order valence-corrected chi connectivity index (χ3v) is 7.70. The molecular formula is C27H28N2O5. The van der Waals surface area contributed by atoms with Crippen molar-refractivity contribution < 1.29 is 23.9 Å². The number of ketones is 1. The van der Waals surface area contributed by atoms with E-state index < -0.39 is 10.8 Å². The average Bonchev–Trinajstić information content (AvgIpc) is 3.48. The number of nitrogens with zero attached hydrogens (tertiary/aromatic N) is 2. The van der Waals surface area contributed by atoms with Crippen LogP contribution in [0, 0.1) is 10.8 Å². The molecule has 2 amide bonds. The van der Waals surface area contributed by atoms with Gasteiger partial charge in [-0.15, -0.1) is 0 Å². The Bertz CT molecular complexity index is 1130. The van der Waals surface area contributed by atoms with Crippen LogP contribution in [0.25, 0.3) is 0 Å². The van der Waals surface area contributed by atoms with E-state index in [2.05, 4.69) is 0 Å². The van der Waals surface area contributed by atoms with Gasteiger partial charge in [0.1, 0.15) is 11.5 Å². The van der Waals surface area contributed by atoms with Gasteiger partial charge in [-0.3, -0.25) is 14.4 Å². The van der Waals surface area contributed by atoms with Crippen LogP contribution in [0.15, 0.2) is 36.4 Å². The molecule has 4 aliphatic rings. The van der Waals surface area contributed by atoms with Crippen molar-refractivity contribution in [1.29, 1.82) is 0 Å². The third-order valence-electron chi connectivity index (χ3n) is 7.70. The molecule has 0 atom stereocenters. The fraction of sp³-hybridized carbons (Fsp3) is 0.444. The third kappa shape index (κ3) is 3.21. The molecule has 4 aliphatic heterocycles. The largest absolute Gasteiger partial charge is 0.493 e. The van der Waals surface area contributed by atoms with E-state index in [0.29, 0.717) is 50.5 Å². The highest BCUT2D eigenvalue weighted by molar-refractivity contribution is 6.01. The van der Waals surface area contributed by atoms with Crippen LogP contribution in [0.2, 0.25) is 0 Å². The molecule has 7 nitrogen and oxygen atoms in total. The summed E-state index contributed by atoms with van der Waals surface area (Å²) in [5.74, 6) is 1.68. The molecule has 7 heteroatoms. The van der Waals surface area contributed by atoms with Gasteiger partial charge in [-0.2, -0.15) is 0 Å². The lowest BCUT2D eigenvalue weighted by Gasteiger charge is -2.55. The summed E-state index contributed by atoms with van der Waals surface area (Å²) >= 11 is 0. The first-order valence-electron chi connectivity index (χ1n) is 11.9. The van der Waals surface area contributed by atoms with Gasteiger partial charge in [-0.25, -0.2) is 0 Å². The van der Waals surface area contributed by atoms with E-state index in [-0.39, 0.29) is 17.6 Å². The molecule has 0 aliphatic carbocycles. The molecule has 2 aromatic rings. The number of piperidine rings is 2. The minimum Gasteiger partial charge on any atom is -0.493 e. The summed E-state index contributed by atoms with van der Waals surface area (Å²) in [4.78, 5) is 44.0. The second-order valence-corrected chi connectivity index (χ2v) is 10.6. The summed E-state index contributed by atoms with van der Waals surface area (Å²) in [6.07, 6.45) is 1.60. The number of benzene rings is 2. The Morgan fingerprint density at radius 1 is 0.735 bits per heavy atom. The van der Waals surface area contributed by atoms with E-state index in [0.717, 1.165) is 35.5 Å². The first-order valence-corrected chi connectivity index (χ1v) is 11.9. The van der Waals surface area contributed by atoms with Crippen LogP contribution in [-0.4, -0.2) is 66.8 Å². The molecule has 0 saturated carbocycles. The van der Waals surface area contributed by atoms with E-state index in [1.54, 1.807) is 21.9 Å². The Morgan fingerprint density at radius 2 is 1.15 bits per heavy atom. The second-order valence-electron chi connectivity index (χ2n) is 10.6. The molecule has 0 radical (unpaired) electrons. The molecule has 4 heterocycles. The van der Waals surface area contributed by atoms with Crippen LogP contribution >= 0.6 is 0 Å². The molecule has 34 heavy (non-hydrogen) atoms. The highest BCUT2D eigenvalue weighted by Crippen LogP contribution is 2.43. The first kappa shape index (κ1) is 21.2. The normalized spacial score (nSPS) is 27.1. The van der Waals surface area contributed by atoms with E-state index in [1.165, 1.54) is 0 Å². The highest BCUT2D eigenvalue weighted by atomic mass is 16.5. The number of ether oxygens (including phenoxy) is 2. The fourth-order valence-electron chi connectivity index (χ4n) is 6.20. The van der Waals surface area contributed by atoms with Gasteiger partial charge in [0.05, 0.1) is 24.0 Å². The number of hydrogen-bond donors (Lipinski definition) is 0. The molecule has 0 unspecified atom stereocenters.